The zero-order chi connectivity index (χ0) is 18.9. The maximum Gasteiger partial charge on any atom is 0.326 e. The van der Waals surface area contributed by atoms with Crippen LogP contribution in [0.5, 0.6) is 0 Å². The van der Waals surface area contributed by atoms with Gasteiger partial charge < -0.3 is 5.32 Å². The van der Waals surface area contributed by atoms with Gasteiger partial charge in [-0.2, -0.15) is 0 Å². The van der Waals surface area contributed by atoms with E-state index in [4.69, 9.17) is 0 Å². The highest BCUT2D eigenvalue weighted by molar-refractivity contribution is 6.07. The Morgan fingerprint density at radius 1 is 1.00 bits per heavy atom. The number of carbonyl (C=O) groups is 2. The first kappa shape index (κ1) is 18.0. The zero-order valence-corrected chi connectivity index (χ0v) is 15.9. The molecule has 1 saturated heterocycles. The van der Waals surface area contributed by atoms with Crippen LogP contribution < -0.4 is 5.32 Å². The van der Waals surface area contributed by atoms with Gasteiger partial charge in [0.2, 0.25) is 0 Å². The summed E-state index contributed by atoms with van der Waals surface area (Å²) < 4.78 is 0. The number of imide groups is 1. The predicted molar refractivity (Wildman–Crippen MR) is 106 cm³/mol. The van der Waals surface area contributed by atoms with E-state index in [-0.39, 0.29) is 11.9 Å². The standard InChI is InChI=1S/C22H27N3O2/c1-24(15-17-10-11-18-8-4-5-9-19(18)14-17)16-25-20(26)22(23-21(25)27)12-6-2-3-7-13-22/h4-5,8-11,14H,2-3,6-7,12-13,15-16H2,1H3,(H,23,27). The molecule has 27 heavy (non-hydrogen) atoms. The number of urea groups is 1. The molecule has 3 amide bonds. The van der Waals surface area contributed by atoms with E-state index in [1.165, 1.54) is 21.2 Å². The van der Waals surface area contributed by atoms with Crippen molar-refractivity contribution < 1.29 is 9.59 Å². The van der Waals surface area contributed by atoms with Crippen LogP contribution in [0, 0.1) is 0 Å². The summed E-state index contributed by atoms with van der Waals surface area (Å²) in [6, 6.07) is 14.4. The van der Waals surface area contributed by atoms with Gasteiger partial charge in [-0.05, 0) is 42.3 Å². The second-order valence-corrected chi connectivity index (χ2v) is 8.00. The Kier molecular flexibility index (Phi) is 4.87. The van der Waals surface area contributed by atoms with Crippen LogP contribution in [0.4, 0.5) is 4.79 Å². The van der Waals surface area contributed by atoms with Crippen LogP contribution >= 0.6 is 0 Å². The summed E-state index contributed by atoms with van der Waals surface area (Å²) in [7, 11) is 1.95. The van der Waals surface area contributed by atoms with E-state index in [0.717, 1.165) is 38.5 Å². The molecule has 2 aromatic carbocycles. The fourth-order valence-corrected chi connectivity index (χ4v) is 4.42. The third-order valence-corrected chi connectivity index (χ3v) is 5.85. The van der Waals surface area contributed by atoms with Crippen molar-refractivity contribution in [3.8, 4) is 0 Å². The van der Waals surface area contributed by atoms with E-state index in [0.29, 0.717) is 13.2 Å². The lowest BCUT2D eigenvalue weighted by atomic mass is 9.90. The highest BCUT2D eigenvalue weighted by atomic mass is 16.2. The van der Waals surface area contributed by atoms with Gasteiger partial charge in [0, 0.05) is 6.54 Å². The van der Waals surface area contributed by atoms with Gasteiger partial charge in [0.25, 0.3) is 5.91 Å². The first-order valence-electron chi connectivity index (χ1n) is 9.88. The summed E-state index contributed by atoms with van der Waals surface area (Å²) >= 11 is 0. The molecule has 1 aliphatic carbocycles. The molecule has 0 radical (unpaired) electrons. The quantitative estimate of drug-likeness (QED) is 0.837. The molecule has 1 aliphatic heterocycles. The van der Waals surface area contributed by atoms with Gasteiger partial charge in [-0.25, -0.2) is 9.69 Å². The zero-order valence-electron chi connectivity index (χ0n) is 15.9. The minimum absolute atomic E-state index is 0.0419. The molecule has 2 fully saturated rings. The number of rotatable bonds is 4. The molecule has 1 spiro atoms. The lowest BCUT2D eigenvalue weighted by Gasteiger charge is -2.26. The van der Waals surface area contributed by atoms with Crippen LogP contribution in [0.15, 0.2) is 42.5 Å². The summed E-state index contributed by atoms with van der Waals surface area (Å²) in [4.78, 5) is 28.9. The molecule has 2 aromatic rings. The number of amides is 3. The topological polar surface area (TPSA) is 52.6 Å². The van der Waals surface area contributed by atoms with Crippen LogP contribution in [0.25, 0.3) is 10.8 Å². The second kappa shape index (κ2) is 7.31. The number of carbonyl (C=O) groups excluding carboxylic acids is 2. The molecule has 2 aliphatic rings. The van der Waals surface area contributed by atoms with Crippen molar-refractivity contribution in [1.82, 2.24) is 15.1 Å². The highest BCUT2D eigenvalue weighted by Gasteiger charge is 2.50. The molecular formula is C22H27N3O2. The molecule has 0 atom stereocenters. The van der Waals surface area contributed by atoms with Crippen molar-refractivity contribution in [2.75, 3.05) is 13.7 Å². The Morgan fingerprint density at radius 3 is 2.44 bits per heavy atom. The maximum absolute atomic E-state index is 13.0. The Bertz CT molecular complexity index is 856. The summed E-state index contributed by atoms with van der Waals surface area (Å²) in [5.74, 6) is -0.0419. The van der Waals surface area contributed by atoms with Gasteiger partial charge in [-0.1, -0.05) is 62.1 Å². The summed E-state index contributed by atoms with van der Waals surface area (Å²) in [6.07, 6.45) is 5.84. The lowest BCUT2D eigenvalue weighted by molar-refractivity contribution is -0.133. The Balaban J connectivity index is 1.44. The van der Waals surface area contributed by atoms with Crippen LogP contribution in [0.2, 0.25) is 0 Å². The van der Waals surface area contributed by atoms with Crippen LogP contribution in [-0.2, 0) is 11.3 Å². The van der Waals surface area contributed by atoms with Crippen LogP contribution in [-0.4, -0.2) is 41.0 Å². The van der Waals surface area contributed by atoms with E-state index in [1.807, 2.05) is 24.1 Å². The van der Waals surface area contributed by atoms with Gasteiger partial charge in [0.1, 0.15) is 5.54 Å². The monoisotopic (exact) mass is 365 g/mol. The molecule has 5 heteroatoms. The molecule has 1 saturated carbocycles. The average molecular weight is 365 g/mol. The van der Waals surface area contributed by atoms with Gasteiger partial charge in [0.15, 0.2) is 0 Å². The second-order valence-electron chi connectivity index (χ2n) is 8.00. The summed E-state index contributed by atoms with van der Waals surface area (Å²) in [5.41, 5.74) is 0.518. The largest absolute Gasteiger partial charge is 0.326 e. The van der Waals surface area contributed by atoms with Gasteiger partial charge in [-0.3, -0.25) is 9.69 Å². The summed E-state index contributed by atoms with van der Waals surface area (Å²) in [6.45, 7) is 1.01. The third kappa shape index (κ3) is 3.56. The molecular weight excluding hydrogens is 338 g/mol. The first-order chi connectivity index (χ1) is 13.1. The molecule has 1 heterocycles. The normalized spacial score (nSPS) is 19.7. The molecule has 5 nitrogen and oxygen atoms in total. The van der Waals surface area contributed by atoms with E-state index >= 15 is 0 Å². The molecule has 0 aromatic heterocycles. The molecule has 0 unspecified atom stereocenters. The Labute approximate surface area is 160 Å². The number of fused-ring (bicyclic) bond motifs is 1. The fourth-order valence-electron chi connectivity index (χ4n) is 4.42. The van der Waals surface area contributed by atoms with Crippen molar-refractivity contribution in [3.63, 3.8) is 0 Å². The van der Waals surface area contributed by atoms with E-state index in [1.54, 1.807) is 0 Å². The van der Waals surface area contributed by atoms with Gasteiger partial charge in [-0.15, -0.1) is 0 Å². The lowest BCUT2D eigenvalue weighted by Crippen LogP contribution is -2.47. The summed E-state index contributed by atoms with van der Waals surface area (Å²) in [5, 5.41) is 5.43. The molecule has 1 N–H and O–H groups in total. The number of nitrogens with one attached hydrogen (secondary N) is 1. The van der Waals surface area contributed by atoms with Crippen LogP contribution in [0.3, 0.4) is 0 Å². The molecule has 4 rings (SSSR count). The van der Waals surface area contributed by atoms with Crippen molar-refractivity contribution in [2.24, 2.45) is 0 Å². The number of hydrogen-bond donors (Lipinski definition) is 1. The van der Waals surface area contributed by atoms with Gasteiger partial charge >= 0.3 is 6.03 Å². The van der Waals surface area contributed by atoms with Crippen molar-refractivity contribution >= 4 is 22.7 Å². The van der Waals surface area contributed by atoms with Crippen molar-refractivity contribution in [3.05, 3.63) is 48.0 Å². The number of nitrogens with zero attached hydrogens (tertiary/aromatic N) is 2. The van der Waals surface area contributed by atoms with Gasteiger partial charge in [0.05, 0.1) is 6.67 Å². The van der Waals surface area contributed by atoms with E-state index in [9.17, 15) is 9.59 Å². The molecule has 0 bridgehead atoms. The Morgan fingerprint density at radius 2 is 1.70 bits per heavy atom. The average Bonchev–Trinajstić information content (AvgIpc) is 2.83. The number of benzene rings is 2. The van der Waals surface area contributed by atoms with E-state index in [2.05, 4.69) is 35.6 Å². The van der Waals surface area contributed by atoms with E-state index < -0.39 is 5.54 Å². The van der Waals surface area contributed by atoms with Crippen molar-refractivity contribution in [2.45, 2.75) is 50.6 Å². The SMILES string of the molecule is CN(Cc1ccc2ccccc2c1)CN1C(=O)NC2(CCCCCC2)C1=O. The molecule has 142 valence electrons. The number of hydrogen-bond acceptors (Lipinski definition) is 3. The minimum Gasteiger partial charge on any atom is -0.323 e. The minimum atomic E-state index is -0.655. The first-order valence-corrected chi connectivity index (χ1v) is 9.88. The van der Waals surface area contributed by atoms with Crippen molar-refractivity contribution in [1.29, 1.82) is 0 Å². The van der Waals surface area contributed by atoms with Crippen LogP contribution in [0.1, 0.15) is 44.1 Å². The highest BCUT2D eigenvalue weighted by Crippen LogP contribution is 2.32. The smallest absolute Gasteiger partial charge is 0.323 e. The Hall–Kier alpha value is -2.40. The fraction of sp³-hybridized carbons (Fsp3) is 0.455. The predicted octanol–water partition coefficient (Wildman–Crippen LogP) is 3.87. The maximum atomic E-state index is 13.0. The third-order valence-electron chi connectivity index (χ3n) is 5.85.